The van der Waals surface area contributed by atoms with Crippen LogP contribution >= 0.6 is 0 Å². The Morgan fingerprint density at radius 2 is 1.92 bits per heavy atom. The van der Waals surface area contributed by atoms with E-state index in [9.17, 15) is 18.4 Å². The van der Waals surface area contributed by atoms with E-state index in [0.717, 1.165) is 12.1 Å². The van der Waals surface area contributed by atoms with Gasteiger partial charge < -0.3 is 9.47 Å². The van der Waals surface area contributed by atoms with E-state index in [0.29, 0.717) is 31.6 Å². The minimum Gasteiger partial charge on any atom is -0.427 e. The van der Waals surface area contributed by atoms with Gasteiger partial charge in [-0.3, -0.25) is 4.90 Å². The number of nitrogens with zero attached hydrogens (tertiary/aromatic N) is 3. The van der Waals surface area contributed by atoms with Crippen LogP contribution in [0.4, 0.5) is 13.2 Å². The summed E-state index contributed by atoms with van der Waals surface area (Å²) < 4.78 is 43.6. The molecule has 0 N–H and O–H groups in total. The molecule has 0 amide bonds. The fraction of sp³-hybridized carbons (Fsp3) is 0.500. The molecule has 26 heavy (non-hydrogen) atoms. The second kappa shape index (κ2) is 8.25. The van der Waals surface area contributed by atoms with Crippen LogP contribution in [0.25, 0.3) is 0 Å². The van der Waals surface area contributed by atoms with Crippen molar-refractivity contribution in [1.29, 1.82) is 5.26 Å². The molecule has 0 saturated carbocycles. The Labute approximate surface area is 153 Å². The number of piperazine rings is 1. The smallest absolute Gasteiger partial charge is 0.416 e. The Kier molecular flexibility index (Phi) is 6.51. The molecule has 1 fully saturated rings. The largest absolute Gasteiger partial charge is 0.427 e. The molecule has 0 bridgehead atoms. The van der Waals surface area contributed by atoms with Crippen LogP contribution in [0, 0.1) is 11.3 Å². The SMILES string of the molecule is C=CCC(C#N)(c1ccc(C(F)(F)F)cc1)N1CCN([B]OC)C[C@@H]1C. The lowest BCUT2D eigenvalue weighted by atomic mass is 9.83. The number of alkyl halides is 3. The minimum absolute atomic E-state index is 0.0112. The van der Waals surface area contributed by atoms with E-state index < -0.39 is 17.3 Å². The highest BCUT2D eigenvalue weighted by Gasteiger charge is 2.43. The van der Waals surface area contributed by atoms with Crippen molar-refractivity contribution < 1.29 is 17.8 Å². The van der Waals surface area contributed by atoms with E-state index in [4.69, 9.17) is 4.65 Å². The van der Waals surface area contributed by atoms with Crippen LogP contribution in [-0.2, 0) is 16.4 Å². The van der Waals surface area contributed by atoms with Crippen LogP contribution in [0.2, 0.25) is 0 Å². The Morgan fingerprint density at radius 3 is 2.38 bits per heavy atom. The summed E-state index contributed by atoms with van der Waals surface area (Å²) in [5.41, 5.74) is -1.23. The highest BCUT2D eigenvalue weighted by atomic mass is 19.4. The number of benzene rings is 1. The normalized spacial score (nSPS) is 21.6. The van der Waals surface area contributed by atoms with Crippen LogP contribution in [-0.4, -0.2) is 50.1 Å². The first-order valence-electron chi connectivity index (χ1n) is 8.35. The Morgan fingerprint density at radius 1 is 1.31 bits per heavy atom. The molecule has 1 radical (unpaired) electrons. The molecule has 1 aliphatic heterocycles. The first-order chi connectivity index (χ1) is 12.3. The van der Waals surface area contributed by atoms with E-state index in [1.54, 1.807) is 20.8 Å². The Balaban J connectivity index is 2.37. The average Bonchev–Trinajstić information content (AvgIpc) is 2.60. The zero-order valence-corrected chi connectivity index (χ0v) is 15.0. The van der Waals surface area contributed by atoms with Gasteiger partial charge in [-0.05, 0) is 24.6 Å². The summed E-state index contributed by atoms with van der Waals surface area (Å²) in [6.45, 7) is 7.66. The molecular weight excluding hydrogens is 342 g/mol. The first-order valence-corrected chi connectivity index (χ1v) is 8.35. The van der Waals surface area contributed by atoms with E-state index in [1.165, 1.54) is 12.1 Å². The second-order valence-corrected chi connectivity index (χ2v) is 6.42. The third kappa shape index (κ3) is 4.12. The Bertz CT molecular complexity index is 659. The number of nitriles is 1. The third-order valence-electron chi connectivity index (χ3n) is 4.72. The minimum atomic E-state index is -4.40. The lowest BCUT2D eigenvalue weighted by Gasteiger charge is -2.47. The second-order valence-electron chi connectivity index (χ2n) is 6.42. The quantitative estimate of drug-likeness (QED) is 0.574. The maximum Gasteiger partial charge on any atom is 0.416 e. The Hall–Kier alpha value is -1.82. The molecule has 139 valence electrons. The standard InChI is InChI=1S/C18H22BF3N3O/c1-4-9-17(13-23,15-5-7-16(8-6-15)18(20,21)22)25-11-10-24(19-26-3)12-14(25)2/h4-8,14H,1,9-12H2,2-3H3/t14-,17?/m0/s1. The summed E-state index contributed by atoms with van der Waals surface area (Å²) in [5.74, 6) is 0. The van der Waals surface area contributed by atoms with Crippen molar-refractivity contribution in [1.82, 2.24) is 9.71 Å². The summed E-state index contributed by atoms with van der Waals surface area (Å²) in [7, 11) is 3.23. The van der Waals surface area contributed by atoms with Gasteiger partial charge in [-0.2, -0.15) is 18.4 Å². The van der Waals surface area contributed by atoms with Crippen molar-refractivity contribution in [3.05, 3.63) is 48.0 Å². The van der Waals surface area contributed by atoms with Gasteiger partial charge in [-0.25, -0.2) is 0 Å². The van der Waals surface area contributed by atoms with Crippen LogP contribution in [0.1, 0.15) is 24.5 Å². The molecule has 2 rings (SSSR count). The molecule has 0 aliphatic carbocycles. The maximum absolute atomic E-state index is 12.9. The van der Waals surface area contributed by atoms with Gasteiger partial charge in [0.1, 0.15) is 5.54 Å². The van der Waals surface area contributed by atoms with Crippen molar-refractivity contribution in [3.8, 4) is 6.07 Å². The van der Waals surface area contributed by atoms with Crippen LogP contribution in [0.3, 0.4) is 0 Å². The summed E-state index contributed by atoms with van der Waals surface area (Å²) in [6.07, 6.45) is -2.43. The molecular formula is C18H22BF3N3O. The summed E-state index contributed by atoms with van der Waals surface area (Å²) >= 11 is 0. The van der Waals surface area contributed by atoms with Gasteiger partial charge in [0.15, 0.2) is 0 Å². The lowest BCUT2D eigenvalue weighted by molar-refractivity contribution is -0.137. The predicted octanol–water partition coefficient (Wildman–Crippen LogP) is 3.19. The van der Waals surface area contributed by atoms with Crippen molar-refractivity contribution in [2.45, 2.75) is 31.1 Å². The van der Waals surface area contributed by atoms with Crippen LogP contribution < -0.4 is 0 Å². The van der Waals surface area contributed by atoms with Gasteiger partial charge in [0.2, 0.25) is 0 Å². The average molecular weight is 364 g/mol. The number of halogens is 3. The number of rotatable bonds is 6. The molecule has 1 aliphatic rings. The molecule has 2 atom stereocenters. The maximum atomic E-state index is 12.9. The number of hydrogen-bond donors (Lipinski definition) is 0. The summed E-state index contributed by atoms with van der Waals surface area (Å²) in [4.78, 5) is 4.06. The third-order valence-corrected chi connectivity index (χ3v) is 4.72. The molecule has 0 spiro atoms. The molecule has 1 aromatic carbocycles. The van der Waals surface area contributed by atoms with Gasteiger partial charge in [0.25, 0.3) is 0 Å². The van der Waals surface area contributed by atoms with Gasteiger partial charge in [0.05, 0.1) is 11.6 Å². The molecule has 8 heteroatoms. The van der Waals surface area contributed by atoms with E-state index in [2.05, 4.69) is 12.6 Å². The van der Waals surface area contributed by atoms with Crippen LogP contribution in [0.5, 0.6) is 0 Å². The van der Waals surface area contributed by atoms with Gasteiger partial charge in [0, 0.05) is 39.2 Å². The highest BCUT2D eigenvalue weighted by Crippen LogP contribution is 2.37. The lowest BCUT2D eigenvalue weighted by Crippen LogP contribution is -2.60. The van der Waals surface area contributed by atoms with Crippen molar-refractivity contribution in [2.24, 2.45) is 0 Å². The topological polar surface area (TPSA) is 39.5 Å². The van der Waals surface area contributed by atoms with Gasteiger partial charge in [-0.1, -0.05) is 18.2 Å². The van der Waals surface area contributed by atoms with E-state index in [1.807, 2.05) is 16.6 Å². The summed E-state index contributed by atoms with van der Waals surface area (Å²) in [5, 5.41) is 10.0. The molecule has 1 aromatic rings. The van der Waals surface area contributed by atoms with Crippen molar-refractivity contribution >= 4 is 7.62 Å². The highest BCUT2D eigenvalue weighted by molar-refractivity contribution is 6.23. The molecule has 1 heterocycles. The fourth-order valence-corrected chi connectivity index (χ4v) is 3.52. The van der Waals surface area contributed by atoms with Crippen molar-refractivity contribution in [3.63, 3.8) is 0 Å². The molecule has 1 saturated heterocycles. The molecule has 1 unspecified atom stereocenters. The van der Waals surface area contributed by atoms with E-state index in [-0.39, 0.29) is 6.04 Å². The number of hydrogen-bond acceptors (Lipinski definition) is 4. The molecule has 0 aromatic heterocycles. The van der Waals surface area contributed by atoms with Crippen molar-refractivity contribution in [2.75, 3.05) is 26.7 Å². The monoisotopic (exact) mass is 364 g/mol. The molecule has 4 nitrogen and oxygen atoms in total. The predicted molar refractivity (Wildman–Crippen MR) is 94.1 cm³/mol. The first kappa shape index (κ1) is 20.5. The van der Waals surface area contributed by atoms with Crippen LogP contribution in [0.15, 0.2) is 36.9 Å². The zero-order chi connectivity index (χ0) is 19.4. The van der Waals surface area contributed by atoms with Gasteiger partial charge in [-0.15, -0.1) is 6.58 Å². The van der Waals surface area contributed by atoms with E-state index >= 15 is 0 Å². The fourth-order valence-electron chi connectivity index (χ4n) is 3.52. The van der Waals surface area contributed by atoms with Gasteiger partial charge >= 0.3 is 13.8 Å². The zero-order valence-electron chi connectivity index (χ0n) is 15.0. The summed E-state index contributed by atoms with van der Waals surface area (Å²) in [6, 6.07) is 7.22.